The number of anilines is 1. The summed E-state index contributed by atoms with van der Waals surface area (Å²) < 4.78 is 0.927. The van der Waals surface area contributed by atoms with E-state index in [-0.39, 0.29) is 5.91 Å². The number of nitrogens with zero attached hydrogens (tertiary/aromatic N) is 1. The molecule has 1 heterocycles. The van der Waals surface area contributed by atoms with Crippen LogP contribution in [-0.2, 0) is 6.42 Å². The van der Waals surface area contributed by atoms with Crippen LogP contribution in [0.1, 0.15) is 15.9 Å². The first kappa shape index (κ1) is 12.9. The number of hydrogen-bond donors (Lipinski definition) is 0. The van der Waals surface area contributed by atoms with Gasteiger partial charge in [-0.15, -0.1) is 0 Å². The Morgan fingerprint density at radius 3 is 2.84 bits per heavy atom. The summed E-state index contributed by atoms with van der Waals surface area (Å²) in [5.74, 6) is 0.0249. The van der Waals surface area contributed by atoms with Gasteiger partial charge in [0.25, 0.3) is 5.91 Å². The molecule has 2 aromatic rings. The van der Waals surface area contributed by atoms with E-state index >= 15 is 0 Å². The lowest BCUT2D eigenvalue weighted by atomic mass is 10.1. The van der Waals surface area contributed by atoms with E-state index in [1.807, 2.05) is 29.2 Å². The molecule has 0 aliphatic carbocycles. The van der Waals surface area contributed by atoms with E-state index in [1.54, 1.807) is 12.1 Å². The summed E-state index contributed by atoms with van der Waals surface area (Å²) in [5.41, 5.74) is 2.92. The molecular formula is C15H11ClINO. The van der Waals surface area contributed by atoms with Crippen LogP contribution in [-0.4, -0.2) is 12.5 Å². The fourth-order valence-corrected chi connectivity index (χ4v) is 3.09. The Hall–Kier alpha value is -1.07. The van der Waals surface area contributed by atoms with Crippen molar-refractivity contribution in [2.45, 2.75) is 6.42 Å². The van der Waals surface area contributed by atoms with E-state index in [2.05, 4.69) is 28.7 Å². The van der Waals surface area contributed by atoms with Gasteiger partial charge in [0.05, 0.1) is 5.56 Å². The minimum absolute atomic E-state index is 0.0249. The number of halogens is 2. The molecule has 0 aromatic heterocycles. The molecule has 3 rings (SSSR count). The van der Waals surface area contributed by atoms with Gasteiger partial charge in [-0.1, -0.05) is 29.8 Å². The van der Waals surface area contributed by atoms with Crippen LogP contribution < -0.4 is 4.90 Å². The highest BCUT2D eigenvalue weighted by Gasteiger charge is 2.26. The monoisotopic (exact) mass is 383 g/mol. The second-order valence-corrected chi connectivity index (χ2v) is 6.06. The van der Waals surface area contributed by atoms with Crippen molar-refractivity contribution in [1.29, 1.82) is 0 Å². The summed E-state index contributed by atoms with van der Waals surface area (Å²) in [6, 6.07) is 13.5. The van der Waals surface area contributed by atoms with E-state index < -0.39 is 0 Å². The largest absolute Gasteiger partial charge is 0.308 e. The average molecular weight is 384 g/mol. The topological polar surface area (TPSA) is 20.3 Å². The van der Waals surface area contributed by atoms with Crippen molar-refractivity contribution in [2.75, 3.05) is 11.4 Å². The molecule has 19 heavy (non-hydrogen) atoms. The van der Waals surface area contributed by atoms with Crippen molar-refractivity contribution in [3.05, 3.63) is 62.2 Å². The van der Waals surface area contributed by atoms with Crippen molar-refractivity contribution >= 4 is 45.8 Å². The van der Waals surface area contributed by atoms with E-state index in [4.69, 9.17) is 11.6 Å². The molecule has 0 bridgehead atoms. The van der Waals surface area contributed by atoms with Gasteiger partial charge in [-0.2, -0.15) is 0 Å². The van der Waals surface area contributed by atoms with Crippen molar-refractivity contribution in [3.8, 4) is 0 Å². The maximum atomic E-state index is 12.6. The predicted molar refractivity (Wildman–Crippen MR) is 86.0 cm³/mol. The molecule has 1 aliphatic rings. The Bertz CT molecular complexity index is 656. The van der Waals surface area contributed by atoms with Gasteiger partial charge in [-0.3, -0.25) is 4.79 Å². The van der Waals surface area contributed by atoms with Crippen molar-refractivity contribution in [1.82, 2.24) is 0 Å². The van der Waals surface area contributed by atoms with Crippen LogP contribution in [0.2, 0.25) is 5.02 Å². The summed E-state index contributed by atoms with van der Waals surface area (Å²) in [4.78, 5) is 14.5. The molecule has 0 spiro atoms. The maximum Gasteiger partial charge on any atom is 0.259 e. The molecule has 0 unspecified atom stereocenters. The zero-order chi connectivity index (χ0) is 13.4. The molecule has 0 saturated heterocycles. The smallest absolute Gasteiger partial charge is 0.259 e. The predicted octanol–water partition coefficient (Wildman–Crippen LogP) is 4.15. The molecule has 96 valence electrons. The Morgan fingerprint density at radius 2 is 2.00 bits per heavy atom. The summed E-state index contributed by atoms with van der Waals surface area (Å²) in [6.45, 7) is 0.737. The molecule has 0 saturated carbocycles. The molecule has 2 aromatic carbocycles. The Morgan fingerprint density at radius 1 is 1.21 bits per heavy atom. The van der Waals surface area contributed by atoms with Crippen molar-refractivity contribution in [2.24, 2.45) is 0 Å². The van der Waals surface area contributed by atoms with E-state index in [0.717, 1.165) is 22.2 Å². The first-order valence-corrected chi connectivity index (χ1v) is 7.47. The van der Waals surface area contributed by atoms with Crippen molar-refractivity contribution < 1.29 is 4.79 Å². The third kappa shape index (κ3) is 2.37. The third-order valence-corrected chi connectivity index (χ3v) is 4.47. The molecular weight excluding hydrogens is 373 g/mol. The molecule has 2 nitrogen and oxygen atoms in total. The number of para-hydroxylation sites is 1. The Labute approximate surface area is 130 Å². The fraction of sp³-hybridized carbons (Fsp3) is 0.133. The average Bonchev–Trinajstić information content (AvgIpc) is 2.84. The van der Waals surface area contributed by atoms with Gasteiger partial charge in [0.1, 0.15) is 0 Å². The summed E-state index contributed by atoms with van der Waals surface area (Å²) >= 11 is 8.17. The normalized spacial score (nSPS) is 13.5. The van der Waals surface area contributed by atoms with Crippen LogP contribution in [0.15, 0.2) is 42.5 Å². The SMILES string of the molecule is O=C(c1cc(Cl)ccc1I)N1CCc2ccccc21. The lowest BCUT2D eigenvalue weighted by Crippen LogP contribution is -2.29. The van der Waals surface area contributed by atoms with Gasteiger partial charge in [-0.05, 0) is 58.8 Å². The lowest BCUT2D eigenvalue weighted by Gasteiger charge is -2.18. The van der Waals surface area contributed by atoms with Gasteiger partial charge in [0, 0.05) is 20.8 Å². The van der Waals surface area contributed by atoms with Crippen LogP contribution in [0.5, 0.6) is 0 Å². The second kappa shape index (κ2) is 5.13. The molecule has 0 radical (unpaired) electrons. The van der Waals surface area contributed by atoms with Crippen LogP contribution >= 0.6 is 34.2 Å². The minimum Gasteiger partial charge on any atom is -0.308 e. The highest BCUT2D eigenvalue weighted by Crippen LogP contribution is 2.30. The zero-order valence-electron chi connectivity index (χ0n) is 10.1. The minimum atomic E-state index is 0.0249. The number of carbonyl (C=O) groups excluding carboxylic acids is 1. The Kier molecular flexibility index (Phi) is 3.50. The quantitative estimate of drug-likeness (QED) is 0.678. The van der Waals surface area contributed by atoms with Crippen LogP contribution in [0.25, 0.3) is 0 Å². The zero-order valence-corrected chi connectivity index (χ0v) is 13.0. The van der Waals surface area contributed by atoms with Crippen LogP contribution in [0.4, 0.5) is 5.69 Å². The molecule has 1 aliphatic heterocycles. The van der Waals surface area contributed by atoms with Crippen LogP contribution in [0, 0.1) is 3.57 Å². The summed E-state index contributed by atoms with van der Waals surface area (Å²) in [7, 11) is 0. The highest BCUT2D eigenvalue weighted by atomic mass is 127. The highest BCUT2D eigenvalue weighted by molar-refractivity contribution is 14.1. The molecule has 4 heteroatoms. The van der Waals surface area contributed by atoms with E-state index in [9.17, 15) is 4.79 Å². The molecule has 1 amide bonds. The van der Waals surface area contributed by atoms with Gasteiger partial charge < -0.3 is 4.90 Å². The number of benzene rings is 2. The number of fused-ring (bicyclic) bond motifs is 1. The van der Waals surface area contributed by atoms with Gasteiger partial charge >= 0.3 is 0 Å². The van der Waals surface area contributed by atoms with Gasteiger partial charge in [-0.25, -0.2) is 0 Å². The first-order valence-electron chi connectivity index (χ1n) is 6.01. The van der Waals surface area contributed by atoms with Gasteiger partial charge in [0.15, 0.2) is 0 Å². The van der Waals surface area contributed by atoms with E-state index in [1.165, 1.54) is 5.56 Å². The molecule has 0 N–H and O–H groups in total. The first-order chi connectivity index (χ1) is 9.16. The van der Waals surface area contributed by atoms with Crippen LogP contribution in [0.3, 0.4) is 0 Å². The molecule has 0 atom stereocenters. The number of amides is 1. The standard InChI is InChI=1S/C15H11ClINO/c16-11-5-6-13(17)12(9-11)15(19)18-8-7-10-3-1-2-4-14(10)18/h1-6,9H,7-8H2. The lowest BCUT2D eigenvalue weighted by molar-refractivity contribution is 0.0988. The van der Waals surface area contributed by atoms with E-state index in [0.29, 0.717) is 10.6 Å². The number of carbonyl (C=O) groups is 1. The third-order valence-electron chi connectivity index (χ3n) is 3.29. The molecule has 0 fully saturated rings. The van der Waals surface area contributed by atoms with Crippen molar-refractivity contribution in [3.63, 3.8) is 0 Å². The fourth-order valence-electron chi connectivity index (χ4n) is 2.36. The maximum absolute atomic E-state index is 12.6. The summed E-state index contributed by atoms with van der Waals surface area (Å²) in [6.07, 6.45) is 0.916. The number of hydrogen-bond acceptors (Lipinski definition) is 1. The Balaban J connectivity index is 2.00. The van der Waals surface area contributed by atoms with Gasteiger partial charge in [0.2, 0.25) is 0 Å². The summed E-state index contributed by atoms with van der Waals surface area (Å²) in [5, 5.41) is 0.594. The number of rotatable bonds is 1. The second-order valence-electron chi connectivity index (χ2n) is 4.46.